The molecule has 0 saturated carbocycles. The van der Waals surface area contributed by atoms with Crippen molar-refractivity contribution in [3.05, 3.63) is 152 Å². The zero-order valence-corrected chi connectivity index (χ0v) is 30.1. The molecule has 3 nitrogen and oxygen atoms in total. The molecule has 0 aliphatic heterocycles. The second-order valence-corrected chi connectivity index (χ2v) is 14.4. The number of rotatable bonds is 4. The van der Waals surface area contributed by atoms with Crippen LogP contribution in [0.2, 0.25) is 0 Å². The van der Waals surface area contributed by atoms with E-state index in [1.807, 2.05) is 30.3 Å². The Labute approximate surface area is 328 Å². The van der Waals surface area contributed by atoms with Crippen molar-refractivity contribution in [2.45, 2.75) is 0 Å². The lowest BCUT2D eigenvalue weighted by Gasteiger charge is -2.23. The molecule has 0 amide bonds. The maximum atomic E-state index is 10.7. The Kier molecular flexibility index (Phi) is 7.09. The molecule has 0 saturated heterocycles. The van der Waals surface area contributed by atoms with Crippen LogP contribution >= 0.6 is 0 Å². The lowest BCUT2D eigenvalue weighted by atomic mass is 9.66. The van der Waals surface area contributed by atoms with Crippen molar-refractivity contribution < 1.29 is 5.11 Å². The number of hydrogen-bond acceptors (Lipinski definition) is 2. The molecule has 0 atom stereocenters. The third-order valence-electron chi connectivity index (χ3n) is 11.6. The van der Waals surface area contributed by atoms with Crippen LogP contribution in [-0.4, -0.2) is 46.0 Å². The quantitative estimate of drug-likeness (QED) is 0.149. The zero-order valence-electron chi connectivity index (χ0n) is 30.1. The fraction of sp³-hybridized carbons (Fsp3) is 0. The average molecular weight is 702 g/mol. The topological polar surface area (TPSA) is 38.0 Å². The summed E-state index contributed by atoms with van der Waals surface area (Å²) in [7, 11) is 25.9. The normalized spacial score (nSPS) is 11.9. The summed E-state index contributed by atoms with van der Waals surface area (Å²) in [6, 6.07) is 53.6. The lowest BCUT2D eigenvalue weighted by Crippen LogP contribution is -2.42. The van der Waals surface area contributed by atoms with E-state index in [0.717, 1.165) is 49.4 Å². The number of phenolic OH excluding ortho intramolecular Hbond substituents is 1. The van der Waals surface area contributed by atoms with Gasteiger partial charge in [0.1, 0.15) is 37.2 Å². The Bertz CT molecular complexity index is 3220. The van der Waals surface area contributed by atoms with Crippen LogP contribution in [0.1, 0.15) is 0 Å². The van der Waals surface area contributed by atoms with Gasteiger partial charge in [-0.25, -0.2) is 4.98 Å². The van der Waals surface area contributed by atoms with E-state index >= 15 is 0 Å². The van der Waals surface area contributed by atoms with Gasteiger partial charge in [-0.15, -0.1) is 0 Å². The molecule has 11 rings (SSSR count). The highest BCUT2D eigenvalue weighted by Gasteiger charge is 2.27. The fourth-order valence-electron chi connectivity index (χ4n) is 9.11. The molecule has 250 valence electrons. The first-order chi connectivity index (χ1) is 27.4. The highest BCUT2D eigenvalue weighted by molar-refractivity contribution is 6.61. The fourth-order valence-corrected chi connectivity index (χ4v) is 9.11. The molecule has 56 heavy (non-hydrogen) atoms. The van der Waals surface area contributed by atoms with E-state index in [4.69, 9.17) is 36.4 Å². The molecule has 1 heterocycles. The van der Waals surface area contributed by atoms with Crippen LogP contribution in [0.3, 0.4) is 0 Å². The SMILES string of the molecule is [B]c1c([B])c(-c2nc3ccccc3n2-c2ccccc2-c2c3ccccc3c(-c3ccc4c5c(cccc35)-c3ccccc3-4)c3ccccc23)c([B])c([B])c1O. The molecule has 1 aliphatic carbocycles. The highest BCUT2D eigenvalue weighted by atomic mass is 16.3. The van der Waals surface area contributed by atoms with Crippen LogP contribution in [-0.2, 0) is 0 Å². The van der Waals surface area contributed by atoms with E-state index in [9.17, 15) is 5.11 Å². The summed E-state index contributed by atoms with van der Waals surface area (Å²) in [5.74, 6) is 0.126. The van der Waals surface area contributed by atoms with Gasteiger partial charge in [0.2, 0.25) is 0 Å². The maximum Gasteiger partial charge on any atom is 0.144 e. The third-order valence-corrected chi connectivity index (χ3v) is 11.6. The summed E-state index contributed by atoms with van der Waals surface area (Å²) in [6.07, 6.45) is 0. The number of para-hydroxylation sites is 3. The molecule has 9 aromatic carbocycles. The van der Waals surface area contributed by atoms with Crippen LogP contribution in [0.4, 0.5) is 0 Å². The second kappa shape index (κ2) is 12.1. The molecular formula is C49H26B4N2O. The number of hydrogen-bond donors (Lipinski definition) is 1. The largest absolute Gasteiger partial charge is 0.509 e. The zero-order chi connectivity index (χ0) is 37.8. The molecule has 0 spiro atoms. The minimum absolute atomic E-state index is 0.0434. The van der Waals surface area contributed by atoms with Crippen LogP contribution < -0.4 is 21.9 Å². The van der Waals surface area contributed by atoms with Crippen LogP contribution in [0, 0.1) is 0 Å². The van der Waals surface area contributed by atoms with Crippen LogP contribution in [0.5, 0.6) is 5.75 Å². The molecular weight excluding hydrogens is 676 g/mol. The first kappa shape index (κ1) is 32.7. The third kappa shape index (κ3) is 4.43. The molecule has 1 aromatic heterocycles. The van der Waals surface area contributed by atoms with Gasteiger partial charge in [0.05, 0.1) is 22.5 Å². The number of aromatic hydroxyl groups is 1. The predicted octanol–water partition coefficient (Wildman–Crippen LogP) is 8.01. The Balaban J connectivity index is 1.23. The monoisotopic (exact) mass is 702 g/mol. The Morgan fingerprint density at radius 3 is 1.50 bits per heavy atom. The highest BCUT2D eigenvalue weighted by Crippen LogP contribution is 2.52. The number of nitrogens with zero attached hydrogens (tertiary/aromatic N) is 2. The summed E-state index contributed by atoms with van der Waals surface area (Å²) in [6.45, 7) is 0. The average Bonchev–Trinajstić information content (AvgIpc) is 3.78. The van der Waals surface area contributed by atoms with Crippen molar-refractivity contribution in [2.24, 2.45) is 0 Å². The summed E-state index contributed by atoms with van der Waals surface area (Å²) >= 11 is 0. The first-order valence-corrected chi connectivity index (χ1v) is 18.5. The van der Waals surface area contributed by atoms with Gasteiger partial charge in [-0.2, -0.15) is 0 Å². The van der Waals surface area contributed by atoms with Gasteiger partial charge >= 0.3 is 0 Å². The minimum atomic E-state index is -0.338. The van der Waals surface area contributed by atoms with Crippen molar-refractivity contribution in [1.82, 2.24) is 9.55 Å². The van der Waals surface area contributed by atoms with Gasteiger partial charge in [-0.1, -0.05) is 155 Å². The summed E-state index contributed by atoms with van der Waals surface area (Å²) in [5.41, 5.74) is 12.5. The molecule has 7 heteroatoms. The lowest BCUT2D eigenvalue weighted by molar-refractivity contribution is 0.484. The van der Waals surface area contributed by atoms with Gasteiger partial charge in [-0.3, -0.25) is 4.57 Å². The Hall–Kier alpha value is -6.71. The van der Waals surface area contributed by atoms with Gasteiger partial charge in [0.15, 0.2) is 0 Å². The van der Waals surface area contributed by atoms with E-state index in [1.165, 1.54) is 44.2 Å². The van der Waals surface area contributed by atoms with Gasteiger partial charge in [0.25, 0.3) is 0 Å². The molecule has 10 aromatic rings. The number of fused-ring (bicyclic) bond motifs is 6. The van der Waals surface area contributed by atoms with E-state index in [1.54, 1.807) is 0 Å². The smallest absolute Gasteiger partial charge is 0.144 e. The predicted molar refractivity (Wildman–Crippen MR) is 238 cm³/mol. The number of benzene rings is 9. The van der Waals surface area contributed by atoms with E-state index < -0.39 is 0 Å². The van der Waals surface area contributed by atoms with Gasteiger partial charge in [-0.05, 0) is 89.5 Å². The molecule has 0 unspecified atom stereocenters. The van der Waals surface area contributed by atoms with Crippen LogP contribution in [0.25, 0.3) is 105 Å². The summed E-state index contributed by atoms with van der Waals surface area (Å²) < 4.78 is 2.07. The van der Waals surface area contributed by atoms with Crippen molar-refractivity contribution >= 4 is 96.6 Å². The maximum absolute atomic E-state index is 10.7. The van der Waals surface area contributed by atoms with E-state index in [0.29, 0.717) is 11.4 Å². The molecule has 1 N–H and O–H groups in total. The minimum Gasteiger partial charge on any atom is -0.509 e. The standard InChI is InChI=1S/C49H26B4N2O/c50-44-43(45(51)47(53)48(56)46(44)52)49-54-37-21-8-10-23-39(37)55(49)38-22-9-7-18-36(38)42-31-16-5-3-14-29(31)41(30-15-4-6-17-32(30)42)35-25-24-34-27-13-2-1-12-26(27)28-19-11-20-33(35)40(28)34/h1-25,56H. The van der Waals surface area contributed by atoms with Crippen molar-refractivity contribution in [3.8, 4) is 67.3 Å². The molecule has 0 fully saturated rings. The van der Waals surface area contributed by atoms with E-state index in [2.05, 4.69) is 126 Å². The van der Waals surface area contributed by atoms with Crippen molar-refractivity contribution in [2.75, 3.05) is 0 Å². The number of aromatic nitrogens is 2. The van der Waals surface area contributed by atoms with Gasteiger partial charge < -0.3 is 5.11 Å². The van der Waals surface area contributed by atoms with Crippen molar-refractivity contribution in [3.63, 3.8) is 0 Å². The number of imidazole rings is 1. The molecule has 1 aliphatic rings. The Morgan fingerprint density at radius 2 is 0.857 bits per heavy atom. The first-order valence-electron chi connectivity index (χ1n) is 18.5. The van der Waals surface area contributed by atoms with Crippen LogP contribution in [0.15, 0.2) is 152 Å². The second-order valence-electron chi connectivity index (χ2n) is 14.4. The van der Waals surface area contributed by atoms with Gasteiger partial charge in [0, 0.05) is 11.1 Å². The van der Waals surface area contributed by atoms with E-state index in [-0.39, 0.29) is 27.6 Å². The summed E-state index contributed by atoms with van der Waals surface area (Å²) in [4.78, 5) is 5.08. The summed E-state index contributed by atoms with van der Waals surface area (Å²) in [5, 5.41) is 17.7. The molecule has 0 bridgehead atoms. The van der Waals surface area contributed by atoms with Crippen molar-refractivity contribution in [1.29, 1.82) is 0 Å². The molecule has 8 radical (unpaired) electrons. The Morgan fingerprint density at radius 1 is 0.393 bits per heavy atom. The number of phenols is 1.